The summed E-state index contributed by atoms with van der Waals surface area (Å²) in [6.07, 6.45) is 1.56. The largest absolute Gasteiger partial charge is 0.338 e. The minimum absolute atomic E-state index is 0.139. The van der Waals surface area contributed by atoms with Crippen LogP contribution in [0, 0.1) is 6.92 Å². The maximum absolute atomic E-state index is 11.7. The lowest BCUT2D eigenvalue weighted by Crippen LogP contribution is -2.37. The Morgan fingerprint density at radius 3 is 2.45 bits per heavy atom. The molecule has 0 aromatic heterocycles. The van der Waals surface area contributed by atoms with Gasteiger partial charge < -0.3 is 10.6 Å². The van der Waals surface area contributed by atoms with Gasteiger partial charge in [-0.15, -0.1) is 0 Å². The summed E-state index contributed by atoms with van der Waals surface area (Å²) in [7, 11) is 0. The van der Waals surface area contributed by atoms with Crippen LogP contribution in [0.25, 0.3) is 0 Å². The van der Waals surface area contributed by atoms with Crippen LogP contribution in [0.15, 0.2) is 48.5 Å². The molecule has 0 aliphatic carbocycles. The van der Waals surface area contributed by atoms with Crippen molar-refractivity contribution in [1.82, 2.24) is 10.6 Å². The van der Waals surface area contributed by atoms with E-state index < -0.39 is 0 Å². The van der Waals surface area contributed by atoms with E-state index in [1.54, 1.807) is 0 Å². The predicted octanol–water partition coefficient (Wildman–Crippen LogP) is 3.73. The summed E-state index contributed by atoms with van der Waals surface area (Å²) in [5, 5.41) is 6.46. The molecule has 2 rings (SSSR count). The molecule has 0 spiro atoms. The summed E-state index contributed by atoms with van der Waals surface area (Å²) in [6, 6.07) is 15.9. The van der Waals surface area contributed by atoms with Gasteiger partial charge in [0.1, 0.15) is 0 Å². The third-order valence-corrected chi connectivity index (χ3v) is 3.79. The number of rotatable bonds is 6. The van der Waals surface area contributed by atoms with E-state index in [1.807, 2.05) is 30.3 Å². The average Bonchev–Trinajstić information content (AvgIpc) is 2.49. The Labute approximate surface area is 136 Å². The first-order valence-electron chi connectivity index (χ1n) is 7.46. The minimum atomic E-state index is -0.139. The number of amides is 2. The molecule has 0 saturated carbocycles. The molecule has 4 heteroatoms. The summed E-state index contributed by atoms with van der Waals surface area (Å²) in [6.45, 7) is 3.26. The maximum atomic E-state index is 11.7. The molecule has 2 aromatic rings. The van der Waals surface area contributed by atoms with E-state index in [-0.39, 0.29) is 6.03 Å². The zero-order valence-corrected chi connectivity index (χ0v) is 13.5. The van der Waals surface area contributed by atoms with Gasteiger partial charge in [-0.3, -0.25) is 0 Å². The Morgan fingerprint density at radius 2 is 1.73 bits per heavy atom. The molecule has 0 atom stereocenters. The van der Waals surface area contributed by atoms with E-state index in [0.29, 0.717) is 13.1 Å². The molecule has 0 bridgehead atoms. The molecule has 2 aromatic carbocycles. The number of carbonyl (C=O) groups excluding carboxylic acids is 1. The lowest BCUT2D eigenvalue weighted by molar-refractivity contribution is 0.241. The van der Waals surface area contributed by atoms with Gasteiger partial charge in [-0.1, -0.05) is 59.6 Å². The van der Waals surface area contributed by atoms with Crippen LogP contribution in [0.1, 0.15) is 16.7 Å². The van der Waals surface area contributed by atoms with Crippen molar-refractivity contribution >= 4 is 17.6 Å². The highest BCUT2D eigenvalue weighted by Gasteiger charge is 2.02. The molecule has 2 amide bonds. The number of benzene rings is 2. The van der Waals surface area contributed by atoms with Crippen LogP contribution in [0.2, 0.25) is 5.02 Å². The second-order valence-corrected chi connectivity index (χ2v) is 5.67. The average molecular weight is 317 g/mol. The highest BCUT2D eigenvalue weighted by atomic mass is 35.5. The fourth-order valence-electron chi connectivity index (χ4n) is 2.26. The van der Waals surface area contributed by atoms with Crippen LogP contribution in [0.5, 0.6) is 0 Å². The Bertz CT molecular complexity index is 628. The van der Waals surface area contributed by atoms with Gasteiger partial charge in [0.25, 0.3) is 0 Å². The van der Waals surface area contributed by atoms with Crippen LogP contribution in [-0.2, 0) is 12.8 Å². The van der Waals surface area contributed by atoms with Crippen molar-refractivity contribution in [2.75, 3.05) is 13.1 Å². The monoisotopic (exact) mass is 316 g/mol. The smallest absolute Gasteiger partial charge is 0.314 e. The summed E-state index contributed by atoms with van der Waals surface area (Å²) >= 11 is 6.08. The van der Waals surface area contributed by atoms with Gasteiger partial charge in [0.2, 0.25) is 0 Å². The number of hydrogen-bond donors (Lipinski definition) is 2. The van der Waals surface area contributed by atoms with Crippen molar-refractivity contribution < 1.29 is 4.79 Å². The van der Waals surface area contributed by atoms with Crippen LogP contribution in [0.4, 0.5) is 4.79 Å². The fraction of sp³-hybridized carbons (Fsp3) is 0.278. The molecular weight excluding hydrogens is 296 g/mol. The van der Waals surface area contributed by atoms with Crippen molar-refractivity contribution in [3.63, 3.8) is 0 Å². The molecule has 22 heavy (non-hydrogen) atoms. The van der Waals surface area contributed by atoms with Crippen LogP contribution in [-0.4, -0.2) is 19.1 Å². The fourth-order valence-corrected chi connectivity index (χ4v) is 2.49. The standard InChI is InChI=1S/C18H21ClN2O/c1-14-5-4-6-15(13-14)9-11-20-18(22)21-12-10-16-7-2-3-8-17(16)19/h2-8,13H,9-12H2,1H3,(H2,20,21,22). The molecule has 116 valence electrons. The molecule has 3 nitrogen and oxygen atoms in total. The topological polar surface area (TPSA) is 41.1 Å². The molecule has 0 heterocycles. The van der Waals surface area contributed by atoms with Crippen LogP contribution >= 0.6 is 11.6 Å². The number of urea groups is 1. The number of aryl methyl sites for hydroxylation is 1. The van der Waals surface area contributed by atoms with E-state index >= 15 is 0 Å². The molecule has 0 saturated heterocycles. The van der Waals surface area contributed by atoms with Gasteiger partial charge in [-0.05, 0) is 37.0 Å². The first-order chi connectivity index (χ1) is 10.6. The number of hydrogen-bond acceptors (Lipinski definition) is 1. The van der Waals surface area contributed by atoms with Crippen LogP contribution in [0.3, 0.4) is 0 Å². The predicted molar refractivity (Wildman–Crippen MR) is 91.4 cm³/mol. The lowest BCUT2D eigenvalue weighted by atomic mass is 10.1. The summed E-state index contributed by atoms with van der Waals surface area (Å²) in [5.74, 6) is 0. The SMILES string of the molecule is Cc1cccc(CCNC(=O)NCCc2ccccc2Cl)c1. The van der Waals surface area contributed by atoms with Crippen LogP contribution < -0.4 is 10.6 Å². The summed E-state index contributed by atoms with van der Waals surface area (Å²) in [5.41, 5.74) is 3.52. The molecule has 0 fully saturated rings. The lowest BCUT2D eigenvalue weighted by Gasteiger charge is -2.09. The van der Waals surface area contributed by atoms with Gasteiger partial charge in [0, 0.05) is 18.1 Å². The number of carbonyl (C=O) groups is 1. The molecule has 2 N–H and O–H groups in total. The molecule has 0 aliphatic heterocycles. The van der Waals surface area contributed by atoms with E-state index in [0.717, 1.165) is 23.4 Å². The molecule has 0 unspecified atom stereocenters. The molecule has 0 aliphatic rings. The molecular formula is C18H21ClN2O. The number of nitrogens with one attached hydrogen (secondary N) is 2. The highest BCUT2D eigenvalue weighted by Crippen LogP contribution is 2.14. The van der Waals surface area contributed by atoms with E-state index in [2.05, 4.69) is 35.8 Å². The van der Waals surface area contributed by atoms with E-state index in [4.69, 9.17) is 11.6 Å². The number of halogens is 1. The third-order valence-electron chi connectivity index (χ3n) is 3.42. The van der Waals surface area contributed by atoms with Crippen molar-refractivity contribution in [3.8, 4) is 0 Å². The Kier molecular flexibility index (Phi) is 6.28. The third kappa shape index (κ3) is 5.41. The zero-order chi connectivity index (χ0) is 15.8. The molecule has 0 radical (unpaired) electrons. The Balaban J connectivity index is 1.65. The van der Waals surface area contributed by atoms with Crippen molar-refractivity contribution in [2.24, 2.45) is 0 Å². The van der Waals surface area contributed by atoms with Gasteiger partial charge in [0.15, 0.2) is 0 Å². The van der Waals surface area contributed by atoms with E-state index in [1.165, 1.54) is 11.1 Å². The Hall–Kier alpha value is -2.00. The maximum Gasteiger partial charge on any atom is 0.314 e. The second kappa shape index (κ2) is 8.44. The highest BCUT2D eigenvalue weighted by molar-refractivity contribution is 6.31. The minimum Gasteiger partial charge on any atom is -0.338 e. The summed E-state index contributed by atoms with van der Waals surface area (Å²) < 4.78 is 0. The second-order valence-electron chi connectivity index (χ2n) is 5.26. The first kappa shape index (κ1) is 16.4. The van der Waals surface area contributed by atoms with Gasteiger partial charge in [-0.25, -0.2) is 4.79 Å². The van der Waals surface area contributed by atoms with Crippen molar-refractivity contribution in [2.45, 2.75) is 19.8 Å². The van der Waals surface area contributed by atoms with E-state index in [9.17, 15) is 4.79 Å². The van der Waals surface area contributed by atoms with Crippen molar-refractivity contribution in [1.29, 1.82) is 0 Å². The normalized spacial score (nSPS) is 10.3. The quantitative estimate of drug-likeness (QED) is 0.837. The first-order valence-corrected chi connectivity index (χ1v) is 7.83. The van der Waals surface area contributed by atoms with Gasteiger partial charge in [-0.2, -0.15) is 0 Å². The Morgan fingerprint density at radius 1 is 1.00 bits per heavy atom. The van der Waals surface area contributed by atoms with Gasteiger partial charge in [0.05, 0.1) is 0 Å². The zero-order valence-electron chi connectivity index (χ0n) is 12.7. The summed E-state index contributed by atoms with van der Waals surface area (Å²) in [4.78, 5) is 11.7. The van der Waals surface area contributed by atoms with Crippen molar-refractivity contribution in [3.05, 3.63) is 70.2 Å². The van der Waals surface area contributed by atoms with Gasteiger partial charge >= 0.3 is 6.03 Å².